The lowest BCUT2D eigenvalue weighted by Crippen LogP contribution is -2.08. The second-order valence-electron chi connectivity index (χ2n) is 4.27. The van der Waals surface area contributed by atoms with Gasteiger partial charge >= 0.3 is 17.9 Å². The van der Waals surface area contributed by atoms with Crippen LogP contribution in [0.5, 0.6) is 11.5 Å². The van der Waals surface area contributed by atoms with Crippen LogP contribution in [0.3, 0.4) is 0 Å². The number of carbonyl (C=O) groups excluding carboxylic acids is 3. The number of aryl methyl sites for hydroxylation is 1. The Morgan fingerprint density at radius 2 is 1.62 bits per heavy atom. The maximum absolute atomic E-state index is 11.3. The Balaban J connectivity index is 2.85. The fourth-order valence-electron chi connectivity index (χ4n) is 1.66. The predicted octanol–water partition coefficient (Wildman–Crippen LogP) is 2.03. The summed E-state index contributed by atoms with van der Waals surface area (Å²) in [6.45, 7) is 4.59. The molecule has 1 aromatic carbocycles. The van der Waals surface area contributed by atoms with E-state index in [0.29, 0.717) is 13.0 Å². The van der Waals surface area contributed by atoms with Crippen molar-refractivity contribution in [3.8, 4) is 11.5 Å². The smallest absolute Gasteiger partial charge is 0.308 e. The largest absolute Gasteiger partial charge is 0.466 e. The van der Waals surface area contributed by atoms with Crippen molar-refractivity contribution in [2.75, 3.05) is 6.61 Å². The highest BCUT2D eigenvalue weighted by atomic mass is 16.6. The van der Waals surface area contributed by atoms with E-state index < -0.39 is 11.9 Å². The van der Waals surface area contributed by atoms with Crippen LogP contribution in [0.2, 0.25) is 0 Å². The standard InChI is InChI=1S/C15H18O6/c1-4-19-15(18)8-6-12-5-7-13(20-10(2)16)14(9-12)21-11(3)17/h5,7,9H,4,6,8H2,1-3H3. The molecule has 0 aliphatic carbocycles. The first-order valence-electron chi connectivity index (χ1n) is 6.57. The molecule has 0 radical (unpaired) electrons. The van der Waals surface area contributed by atoms with Gasteiger partial charge in [-0.2, -0.15) is 0 Å². The van der Waals surface area contributed by atoms with Crippen LogP contribution in [0.4, 0.5) is 0 Å². The van der Waals surface area contributed by atoms with Gasteiger partial charge in [-0.25, -0.2) is 0 Å². The third kappa shape index (κ3) is 6.07. The minimum atomic E-state index is -0.522. The van der Waals surface area contributed by atoms with Crippen LogP contribution in [-0.4, -0.2) is 24.5 Å². The highest BCUT2D eigenvalue weighted by Crippen LogP contribution is 2.29. The average molecular weight is 294 g/mol. The zero-order chi connectivity index (χ0) is 15.8. The van der Waals surface area contributed by atoms with E-state index in [1.54, 1.807) is 19.1 Å². The maximum Gasteiger partial charge on any atom is 0.308 e. The zero-order valence-electron chi connectivity index (χ0n) is 12.3. The van der Waals surface area contributed by atoms with Crippen LogP contribution in [-0.2, 0) is 25.5 Å². The van der Waals surface area contributed by atoms with Gasteiger partial charge in [0.2, 0.25) is 0 Å². The topological polar surface area (TPSA) is 78.9 Å². The van der Waals surface area contributed by atoms with Crippen LogP contribution in [0, 0.1) is 0 Å². The van der Waals surface area contributed by atoms with Gasteiger partial charge in [0.15, 0.2) is 11.5 Å². The third-order valence-electron chi connectivity index (χ3n) is 2.44. The van der Waals surface area contributed by atoms with E-state index in [1.165, 1.54) is 19.9 Å². The van der Waals surface area contributed by atoms with Crippen molar-refractivity contribution >= 4 is 17.9 Å². The molecule has 0 aromatic heterocycles. The molecule has 6 nitrogen and oxygen atoms in total. The fourth-order valence-corrected chi connectivity index (χ4v) is 1.66. The molecule has 0 fully saturated rings. The molecule has 0 amide bonds. The van der Waals surface area contributed by atoms with Crippen LogP contribution in [0.25, 0.3) is 0 Å². The number of hydrogen-bond donors (Lipinski definition) is 0. The van der Waals surface area contributed by atoms with E-state index in [-0.39, 0.29) is 23.9 Å². The Hall–Kier alpha value is -2.37. The van der Waals surface area contributed by atoms with Crippen molar-refractivity contribution in [1.29, 1.82) is 0 Å². The van der Waals surface area contributed by atoms with E-state index in [1.807, 2.05) is 0 Å². The van der Waals surface area contributed by atoms with Gasteiger partial charge in [0.25, 0.3) is 0 Å². The highest BCUT2D eigenvalue weighted by molar-refractivity contribution is 5.74. The van der Waals surface area contributed by atoms with Crippen molar-refractivity contribution in [3.63, 3.8) is 0 Å². The van der Waals surface area contributed by atoms with Gasteiger partial charge < -0.3 is 14.2 Å². The van der Waals surface area contributed by atoms with E-state index in [4.69, 9.17) is 14.2 Å². The zero-order valence-corrected chi connectivity index (χ0v) is 12.3. The molecule has 0 spiro atoms. The monoisotopic (exact) mass is 294 g/mol. The fraction of sp³-hybridized carbons (Fsp3) is 0.400. The first-order valence-corrected chi connectivity index (χ1v) is 6.57. The van der Waals surface area contributed by atoms with E-state index in [9.17, 15) is 14.4 Å². The molecule has 1 rings (SSSR count). The Bertz CT molecular complexity index is 535. The van der Waals surface area contributed by atoms with Crippen LogP contribution in [0.1, 0.15) is 32.8 Å². The molecule has 0 saturated heterocycles. The lowest BCUT2D eigenvalue weighted by Gasteiger charge is -2.10. The Morgan fingerprint density at radius 1 is 1.00 bits per heavy atom. The van der Waals surface area contributed by atoms with Crippen LogP contribution >= 0.6 is 0 Å². The molecular formula is C15H18O6. The number of ether oxygens (including phenoxy) is 3. The molecule has 0 aliphatic rings. The SMILES string of the molecule is CCOC(=O)CCc1ccc(OC(C)=O)c(OC(C)=O)c1. The van der Waals surface area contributed by atoms with E-state index in [0.717, 1.165) is 5.56 Å². The summed E-state index contributed by atoms with van der Waals surface area (Å²) in [5.41, 5.74) is 0.773. The number of carbonyl (C=O) groups is 3. The maximum atomic E-state index is 11.3. The average Bonchev–Trinajstić information content (AvgIpc) is 2.38. The summed E-state index contributed by atoms with van der Waals surface area (Å²) in [5, 5.41) is 0. The van der Waals surface area contributed by atoms with Crippen molar-refractivity contribution in [3.05, 3.63) is 23.8 Å². The Morgan fingerprint density at radius 3 is 2.19 bits per heavy atom. The van der Waals surface area contributed by atoms with Crippen molar-refractivity contribution in [2.24, 2.45) is 0 Å². The van der Waals surface area contributed by atoms with Gasteiger partial charge in [0, 0.05) is 20.3 Å². The third-order valence-corrected chi connectivity index (χ3v) is 2.44. The molecule has 0 N–H and O–H groups in total. The summed E-state index contributed by atoms with van der Waals surface area (Å²) in [4.78, 5) is 33.4. The summed E-state index contributed by atoms with van der Waals surface area (Å²) in [6.07, 6.45) is 0.660. The molecule has 0 saturated carbocycles. The van der Waals surface area contributed by atoms with Crippen molar-refractivity contribution in [1.82, 2.24) is 0 Å². The summed E-state index contributed by atoms with van der Waals surface area (Å²) >= 11 is 0. The van der Waals surface area contributed by atoms with Gasteiger partial charge in [-0.3, -0.25) is 14.4 Å². The first kappa shape index (κ1) is 16.7. The minimum absolute atomic E-state index is 0.152. The summed E-state index contributed by atoms with van der Waals surface area (Å²) in [6, 6.07) is 4.80. The number of hydrogen-bond acceptors (Lipinski definition) is 6. The number of esters is 3. The second-order valence-corrected chi connectivity index (χ2v) is 4.27. The summed E-state index contributed by atoms with van der Waals surface area (Å²) in [7, 11) is 0. The summed E-state index contributed by atoms with van der Waals surface area (Å²) in [5.74, 6) is -1.01. The van der Waals surface area contributed by atoms with Gasteiger partial charge in [0.05, 0.1) is 6.61 Å². The first-order chi connectivity index (χ1) is 9.92. The molecule has 6 heteroatoms. The Kier molecular flexibility index (Phi) is 6.39. The molecule has 0 unspecified atom stereocenters. The van der Waals surface area contributed by atoms with Crippen molar-refractivity contribution < 1.29 is 28.6 Å². The minimum Gasteiger partial charge on any atom is -0.466 e. The molecule has 0 aliphatic heterocycles. The number of benzene rings is 1. The van der Waals surface area contributed by atoms with Gasteiger partial charge in [-0.1, -0.05) is 6.07 Å². The second kappa shape index (κ2) is 8.04. The molecule has 1 aromatic rings. The molecule has 0 atom stereocenters. The quantitative estimate of drug-likeness (QED) is 0.590. The van der Waals surface area contributed by atoms with Gasteiger partial charge in [0.1, 0.15) is 0 Å². The van der Waals surface area contributed by atoms with E-state index in [2.05, 4.69) is 0 Å². The lowest BCUT2D eigenvalue weighted by molar-refractivity contribution is -0.143. The summed E-state index contributed by atoms with van der Waals surface area (Å²) < 4.78 is 14.8. The molecule has 0 heterocycles. The molecule has 0 bridgehead atoms. The van der Waals surface area contributed by atoms with E-state index >= 15 is 0 Å². The van der Waals surface area contributed by atoms with Crippen molar-refractivity contribution in [2.45, 2.75) is 33.6 Å². The van der Waals surface area contributed by atoms with Gasteiger partial charge in [-0.05, 0) is 31.0 Å². The molecular weight excluding hydrogens is 276 g/mol. The highest BCUT2D eigenvalue weighted by Gasteiger charge is 2.12. The lowest BCUT2D eigenvalue weighted by atomic mass is 10.1. The van der Waals surface area contributed by atoms with Gasteiger partial charge in [-0.15, -0.1) is 0 Å². The van der Waals surface area contributed by atoms with Crippen LogP contribution in [0.15, 0.2) is 18.2 Å². The number of rotatable bonds is 6. The van der Waals surface area contributed by atoms with Crippen LogP contribution < -0.4 is 9.47 Å². The normalized spacial score (nSPS) is 9.86. The molecule has 114 valence electrons. The molecule has 21 heavy (non-hydrogen) atoms. The Labute approximate surface area is 123 Å². The predicted molar refractivity (Wildman–Crippen MR) is 74.0 cm³/mol.